The van der Waals surface area contributed by atoms with E-state index < -0.39 is 29.9 Å². The minimum absolute atomic E-state index is 0.00225. The minimum Gasteiger partial charge on any atom is -0.497 e. The summed E-state index contributed by atoms with van der Waals surface area (Å²) in [5, 5.41) is 27.4. The fraction of sp³-hybridized carbons (Fsp3) is 0.449. The van der Waals surface area contributed by atoms with E-state index in [0.29, 0.717) is 47.9 Å². The summed E-state index contributed by atoms with van der Waals surface area (Å²) in [6.45, 7) is 8.33. The van der Waals surface area contributed by atoms with E-state index in [1.165, 1.54) is 12.0 Å². The fourth-order valence-corrected chi connectivity index (χ4v) is 9.15. The van der Waals surface area contributed by atoms with Gasteiger partial charge in [0.05, 0.1) is 44.8 Å². The summed E-state index contributed by atoms with van der Waals surface area (Å²) in [5.41, 5.74) is 3.64. The number of unbranched alkanes of at least 4 members (excludes halogenated alkanes) is 2. The number of likely N-dealkylation sites (N-methyl/N-ethyl adjacent to an activating group) is 1. The highest BCUT2D eigenvalue weighted by atomic mass is 16.7. The van der Waals surface area contributed by atoms with Gasteiger partial charge in [0.2, 0.25) is 5.79 Å². The Kier molecular flexibility index (Phi) is 16.7. The van der Waals surface area contributed by atoms with Crippen LogP contribution in [-0.4, -0.2) is 92.5 Å². The van der Waals surface area contributed by atoms with Gasteiger partial charge in [-0.3, -0.25) is 5.32 Å². The Bertz CT molecular complexity index is 2090. The predicted molar refractivity (Wildman–Crippen MR) is 239 cm³/mol. The Labute approximate surface area is 370 Å². The number of carbonyl (C=O) groups excluding carboxylic acids is 2. The van der Waals surface area contributed by atoms with Crippen molar-refractivity contribution in [3.8, 4) is 23.0 Å². The van der Waals surface area contributed by atoms with Crippen LogP contribution in [0, 0.1) is 17.8 Å². The van der Waals surface area contributed by atoms with E-state index in [-0.39, 0.29) is 63.0 Å². The van der Waals surface area contributed by atoms with Crippen molar-refractivity contribution in [2.45, 2.75) is 75.7 Å². The molecule has 0 radical (unpaired) electrons. The second-order valence-corrected chi connectivity index (χ2v) is 15.9. The van der Waals surface area contributed by atoms with Gasteiger partial charge in [0, 0.05) is 44.2 Å². The molecule has 338 valence electrons. The van der Waals surface area contributed by atoms with Gasteiger partial charge in [-0.05, 0) is 85.4 Å². The first-order valence-electron chi connectivity index (χ1n) is 21.7. The first kappa shape index (κ1) is 46.7. The number of anilines is 1. The van der Waals surface area contributed by atoms with E-state index in [0.717, 1.165) is 42.4 Å². The molecule has 14 heteroatoms. The second kappa shape index (κ2) is 22.5. The number of methoxy groups -OCH3 is 2. The SMILES string of the molecule is C=CCCOC(=O)N(C)[C@H]1CC(=NOCc2ccccc2)C2=C[C@H](CCCCO)[C@@H](CCCCO)[C@@H]3c4cc(OC(=O)Nc5ccc(OC)cc5OC)ccc4O[C@@]1(OCC=C)[C@H]23. The third-order valence-electron chi connectivity index (χ3n) is 12.1. The standard InChI is InChI=1S/C49H61N3O11/c1-6-8-27-59-48(56)52(3)44-31-41(51-61-32-33-16-10-9-11-17-33)38-28-34(18-12-14-24-53)37(19-13-15-25-54)45-39-29-36(21-23-42(39)63-49(44,46(38)45)60-26-7-2)62-47(55)50-40-22-20-35(57-4)30-43(40)58-5/h6-7,9-11,16-17,20-23,28-30,34,37,44-46,53-54H,1-2,8,12-15,18-19,24-27,31-32H2,3-5H3,(H,50,55)/t34-,37+,44-,45+,46+,49+/m0/s1. The van der Waals surface area contributed by atoms with E-state index in [1.54, 1.807) is 56.6 Å². The molecule has 1 fully saturated rings. The lowest BCUT2D eigenvalue weighted by atomic mass is 9.55. The molecule has 6 atom stereocenters. The normalized spacial score (nSPS) is 22.6. The maximum Gasteiger partial charge on any atom is 0.417 e. The highest BCUT2D eigenvalue weighted by Gasteiger charge is 2.65. The summed E-state index contributed by atoms with van der Waals surface area (Å²) in [4.78, 5) is 35.1. The highest BCUT2D eigenvalue weighted by molar-refractivity contribution is 6.03. The van der Waals surface area contributed by atoms with Gasteiger partial charge in [0.15, 0.2) is 0 Å². The molecule has 14 nitrogen and oxygen atoms in total. The van der Waals surface area contributed by atoms with Crippen molar-refractivity contribution in [2.75, 3.05) is 53.0 Å². The Morgan fingerprint density at radius 3 is 2.43 bits per heavy atom. The average molecular weight is 868 g/mol. The van der Waals surface area contributed by atoms with Crippen LogP contribution in [0.2, 0.25) is 0 Å². The van der Waals surface area contributed by atoms with Crippen molar-refractivity contribution in [1.29, 1.82) is 0 Å². The molecule has 1 heterocycles. The van der Waals surface area contributed by atoms with Gasteiger partial charge in [-0.15, -0.1) is 13.2 Å². The van der Waals surface area contributed by atoms with Crippen molar-refractivity contribution < 1.29 is 53.1 Å². The smallest absolute Gasteiger partial charge is 0.417 e. The Hall–Kier alpha value is -5.83. The molecule has 0 saturated heterocycles. The number of hydrogen-bond acceptors (Lipinski definition) is 12. The number of aliphatic hydroxyl groups excluding tert-OH is 2. The van der Waals surface area contributed by atoms with E-state index in [2.05, 4.69) is 24.6 Å². The molecule has 3 N–H and O–H groups in total. The largest absolute Gasteiger partial charge is 0.497 e. The van der Waals surface area contributed by atoms with Crippen molar-refractivity contribution in [1.82, 2.24) is 4.90 Å². The maximum atomic E-state index is 13.9. The molecular weight excluding hydrogens is 807 g/mol. The van der Waals surface area contributed by atoms with Gasteiger partial charge in [-0.1, -0.05) is 66.6 Å². The van der Waals surface area contributed by atoms with Crippen molar-refractivity contribution in [2.24, 2.45) is 22.9 Å². The van der Waals surface area contributed by atoms with Crippen LogP contribution < -0.4 is 24.3 Å². The summed E-state index contributed by atoms with van der Waals surface area (Å²) < 4.78 is 36.6. The Morgan fingerprint density at radius 2 is 1.71 bits per heavy atom. The number of aliphatic hydroxyl groups is 2. The zero-order valence-corrected chi connectivity index (χ0v) is 36.5. The highest BCUT2D eigenvalue weighted by Crippen LogP contribution is 2.62. The Morgan fingerprint density at radius 1 is 0.952 bits per heavy atom. The van der Waals surface area contributed by atoms with Gasteiger partial charge in [0.25, 0.3) is 0 Å². The number of fused-ring (bicyclic) bond motifs is 2. The number of rotatable bonds is 22. The van der Waals surface area contributed by atoms with E-state index >= 15 is 0 Å². The van der Waals surface area contributed by atoms with Crippen LogP contribution in [0.1, 0.15) is 68.4 Å². The van der Waals surface area contributed by atoms with Crippen molar-refractivity contribution >= 4 is 23.6 Å². The Balaban J connectivity index is 1.50. The van der Waals surface area contributed by atoms with Gasteiger partial charge >= 0.3 is 12.2 Å². The zero-order chi connectivity index (χ0) is 44.8. The molecule has 3 aromatic carbocycles. The van der Waals surface area contributed by atoms with Gasteiger partial charge in [0.1, 0.15) is 35.6 Å². The van der Waals surface area contributed by atoms with Crippen LogP contribution in [0.4, 0.5) is 15.3 Å². The fourth-order valence-electron chi connectivity index (χ4n) is 9.15. The number of hydrogen-bond donors (Lipinski definition) is 3. The number of oxime groups is 1. The van der Waals surface area contributed by atoms with Gasteiger partial charge in [-0.25, -0.2) is 9.59 Å². The van der Waals surface area contributed by atoms with E-state index in [1.807, 2.05) is 36.4 Å². The van der Waals surface area contributed by atoms with Crippen LogP contribution in [0.15, 0.2) is 109 Å². The number of carbonyl (C=O) groups is 2. The molecule has 3 aliphatic rings. The molecule has 0 unspecified atom stereocenters. The number of nitrogens with zero attached hydrogens (tertiary/aromatic N) is 2. The average Bonchev–Trinajstić information content (AvgIpc) is 3.30. The number of allylic oxidation sites excluding steroid dienone is 1. The predicted octanol–water partition coefficient (Wildman–Crippen LogP) is 8.79. The van der Waals surface area contributed by atoms with Gasteiger partial charge < -0.3 is 48.4 Å². The summed E-state index contributed by atoms with van der Waals surface area (Å²) in [5.74, 6) is -0.668. The summed E-state index contributed by atoms with van der Waals surface area (Å²) in [7, 11) is 4.72. The molecule has 63 heavy (non-hydrogen) atoms. The summed E-state index contributed by atoms with van der Waals surface area (Å²) in [6, 6.07) is 19.3. The number of amides is 2. The third-order valence-corrected chi connectivity index (χ3v) is 12.1. The van der Waals surface area contributed by atoms with Crippen LogP contribution in [0.3, 0.4) is 0 Å². The first-order valence-corrected chi connectivity index (χ1v) is 21.7. The maximum absolute atomic E-state index is 13.9. The molecule has 6 rings (SSSR count). The van der Waals surface area contributed by atoms with Gasteiger partial charge in [-0.2, -0.15) is 0 Å². The molecule has 0 bridgehead atoms. The lowest BCUT2D eigenvalue weighted by Crippen LogP contribution is -2.69. The lowest BCUT2D eigenvalue weighted by Gasteiger charge is -2.59. The first-order chi connectivity index (χ1) is 30.7. The van der Waals surface area contributed by atoms with Crippen molar-refractivity contribution in [3.05, 3.63) is 115 Å². The lowest BCUT2D eigenvalue weighted by molar-refractivity contribution is -0.253. The van der Waals surface area contributed by atoms with Crippen molar-refractivity contribution in [3.63, 3.8) is 0 Å². The molecule has 0 spiro atoms. The third kappa shape index (κ3) is 10.9. The quantitative estimate of drug-likeness (QED) is 0.0502. The van der Waals surface area contributed by atoms with E-state index in [4.69, 9.17) is 38.4 Å². The molecule has 2 aliphatic carbocycles. The number of benzene rings is 3. The molecule has 1 aliphatic heterocycles. The molecular formula is C49H61N3O11. The number of ether oxygens (including phenoxy) is 6. The van der Waals surface area contributed by atoms with Crippen LogP contribution >= 0.6 is 0 Å². The van der Waals surface area contributed by atoms with Crippen LogP contribution in [0.25, 0.3) is 0 Å². The second-order valence-electron chi connectivity index (χ2n) is 15.9. The minimum atomic E-state index is -1.47. The number of nitrogens with one attached hydrogen (secondary N) is 1. The molecule has 3 aromatic rings. The molecule has 0 aromatic heterocycles. The molecule has 1 saturated carbocycles. The van der Waals surface area contributed by atoms with Crippen LogP contribution in [0.5, 0.6) is 23.0 Å². The monoisotopic (exact) mass is 867 g/mol. The topological polar surface area (TPSA) is 167 Å². The summed E-state index contributed by atoms with van der Waals surface area (Å²) >= 11 is 0. The summed E-state index contributed by atoms with van der Waals surface area (Å²) in [6.07, 6.45) is 9.26. The molecule has 2 amide bonds. The van der Waals surface area contributed by atoms with Crippen LogP contribution in [-0.2, 0) is 20.9 Å². The zero-order valence-electron chi connectivity index (χ0n) is 36.5. The van der Waals surface area contributed by atoms with E-state index in [9.17, 15) is 19.8 Å².